The standard InChI is InChI=1S/C18H19FO2/c1-18(2,3)12-21-16-10-6-14(7-11-16)17(20)13-4-8-15(19)9-5-13/h4-11H,12H2,1-3H3. The van der Waals surface area contributed by atoms with Gasteiger partial charge in [-0.25, -0.2) is 4.39 Å². The maximum atomic E-state index is 12.9. The second-order valence-corrected chi connectivity index (χ2v) is 6.21. The Labute approximate surface area is 124 Å². The van der Waals surface area contributed by atoms with Crippen molar-refractivity contribution >= 4 is 5.78 Å². The molecular weight excluding hydrogens is 267 g/mol. The molecule has 3 heteroatoms. The van der Waals surface area contributed by atoms with Gasteiger partial charge in [0, 0.05) is 11.1 Å². The van der Waals surface area contributed by atoms with Crippen LogP contribution in [0.3, 0.4) is 0 Å². The van der Waals surface area contributed by atoms with Gasteiger partial charge in [-0.3, -0.25) is 4.79 Å². The minimum Gasteiger partial charge on any atom is -0.493 e. The van der Waals surface area contributed by atoms with Gasteiger partial charge in [0.2, 0.25) is 0 Å². The highest BCUT2D eigenvalue weighted by atomic mass is 19.1. The van der Waals surface area contributed by atoms with Gasteiger partial charge in [0.05, 0.1) is 6.61 Å². The van der Waals surface area contributed by atoms with E-state index in [-0.39, 0.29) is 17.0 Å². The summed E-state index contributed by atoms with van der Waals surface area (Å²) in [4.78, 5) is 12.2. The normalized spacial score (nSPS) is 11.2. The van der Waals surface area contributed by atoms with Crippen molar-refractivity contribution < 1.29 is 13.9 Å². The zero-order valence-corrected chi connectivity index (χ0v) is 12.5. The maximum Gasteiger partial charge on any atom is 0.193 e. The molecule has 0 radical (unpaired) electrons. The van der Waals surface area contributed by atoms with Crippen molar-refractivity contribution in [3.63, 3.8) is 0 Å². The van der Waals surface area contributed by atoms with Crippen LogP contribution < -0.4 is 4.74 Å². The zero-order chi connectivity index (χ0) is 15.5. The average Bonchev–Trinajstić information content (AvgIpc) is 2.45. The third-order valence-corrected chi connectivity index (χ3v) is 2.89. The lowest BCUT2D eigenvalue weighted by atomic mass is 9.98. The number of rotatable bonds is 4. The fourth-order valence-corrected chi connectivity index (χ4v) is 1.77. The predicted octanol–water partition coefficient (Wildman–Crippen LogP) is 4.48. The first kappa shape index (κ1) is 15.2. The second-order valence-electron chi connectivity index (χ2n) is 6.21. The molecule has 0 spiro atoms. The number of benzene rings is 2. The molecule has 0 bridgehead atoms. The zero-order valence-electron chi connectivity index (χ0n) is 12.5. The number of carbonyl (C=O) groups is 1. The minimum absolute atomic E-state index is 0.0859. The summed E-state index contributed by atoms with van der Waals surface area (Å²) in [6.45, 7) is 6.90. The van der Waals surface area contributed by atoms with Crippen LogP contribution in [0.15, 0.2) is 48.5 Å². The van der Waals surface area contributed by atoms with Crippen LogP contribution in [0.1, 0.15) is 36.7 Å². The van der Waals surface area contributed by atoms with Crippen molar-refractivity contribution in [1.82, 2.24) is 0 Å². The molecule has 0 aliphatic rings. The van der Waals surface area contributed by atoms with Crippen molar-refractivity contribution in [2.45, 2.75) is 20.8 Å². The van der Waals surface area contributed by atoms with E-state index in [2.05, 4.69) is 20.8 Å². The Morgan fingerprint density at radius 1 is 0.952 bits per heavy atom. The van der Waals surface area contributed by atoms with Gasteiger partial charge in [-0.2, -0.15) is 0 Å². The maximum absolute atomic E-state index is 12.9. The first-order chi connectivity index (χ1) is 9.85. The third-order valence-electron chi connectivity index (χ3n) is 2.89. The van der Waals surface area contributed by atoms with E-state index in [1.54, 1.807) is 24.3 Å². The number of hydrogen-bond acceptors (Lipinski definition) is 2. The number of hydrogen-bond donors (Lipinski definition) is 0. The number of halogens is 1. The highest BCUT2D eigenvalue weighted by molar-refractivity contribution is 6.08. The Morgan fingerprint density at radius 3 is 1.90 bits per heavy atom. The Morgan fingerprint density at radius 2 is 1.43 bits per heavy atom. The van der Waals surface area contributed by atoms with Gasteiger partial charge < -0.3 is 4.74 Å². The monoisotopic (exact) mass is 286 g/mol. The Bertz CT molecular complexity index is 607. The summed E-state index contributed by atoms with van der Waals surface area (Å²) in [5.41, 5.74) is 1.12. The van der Waals surface area contributed by atoms with Crippen molar-refractivity contribution in [2.24, 2.45) is 5.41 Å². The van der Waals surface area contributed by atoms with E-state index in [0.717, 1.165) is 5.75 Å². The Hall–Kier alpha value is -2.16. The SMILES string of the molecule is CC(C)(C)COc1ccc(C(=O)c2ccc(F)cc2)cc1. The second kappa shape index (κ2) is 6.08. The molecule has 0 aliphatic carbocycles. The molecule has 0 heterocycles. The highest BCUT2D eigenvalue weighted by Gasteiger charge is 2.12. The molecule has 0 aliphatic heterocycles. The summed E-state index contributed by atoms with van der Waals surface area (Å²) in [7, 11) is 0. The van der Waals surface area contributed by atoms with Crippen LogP contribution in [0.2, 0.25) is 0 Å². The Kier molecular flexibility index (Phi) is 4.41. The van der Waals surface area contributed by atoms with E-state index in [1.807, 2.05) is 0 Å². The summed E-state index contributed by atoms with van der Waals surface area (Å²) in [6.07, 6.45) is 0. The fraction of sp³-hybridized carbons (Fsp3) is 0.278. The smallest absolute Gasteiger partial charge is 0.193 e. The third kappa shape index (κ3) is 4.42. The van der Waals surface area contributed by atoms with Crippen LogP contribution in [0, 0.1) is 11.2 Å². The van der Waals surface area contributed by atoms with E-state index in [1.165, 1.54) is 24.3 Å². The van der Waals surface area contributed by atoms with E-state index in [4.69, 9.17) is 4.74 Å². The van der Waals surface area contributed by atoms with Gasteiger partial charge in [-0.15, -0.1) is 0 Å². The molecule has 2 aromatic rings. The summed E-state index contributed by atoms with van der Waals surface area (Å²) in [6, 6.07) is 12.6. The molecule has 0 N–H and O–H groups in total. The van der Waals surface area contributed by atoms with Crippen molar-refractivity contribution in [2.75, 3.05) is 6.61 Å². The van der Waals surface area contributed by atoms with Crippen LogP contribution in [0.25, 0.3) is 0 Å². The average molecular weight is 286 g/mol. The topological polar surface area (TPSA) is 26.3 Å². The quantitative estimate of drug-likeness (QED) is 0.774. The molecule has 21 heavy (non-hydrogen) atoms. The molecule has 0 saturated carbocycles. The van der Waals surface area contributed by atoms with E-state index < -0.39 is 0 Å². The lowest BCUT2D eigenvalue weighted by molar-refractivity contribution is 0.103. The minimum atomic E-state index is -0.350. The van der Waals surface area contributed by atoms with Gasteiger partial charge in [0.25, 0.3) is 0 Å². The number of ketones is 1. The molecule has 0 atom stereocenters. The van der Waals surface area contributed by atoms with Crippen LogP contribution in [-0.2, 0) is 0 Å². The van der Waals surface area contributed by atoms with Crippen LogP contribution in [0.4, 0.5) is 4.39 Å². The van der Waals surface area contributed by atoms with Crippen LogP contribution >= 0.6 is 0 Å². The van der Waals surface area contributed by atoms with Gasteiger partial charge >= 0.3 is 0 Å². The highest BCUT2D eigenvalue weighted by Crippen LogP contribution is 2.19. The summed E-state index contributed by atoms with van der Waals surface area (Å²) in [5.74, 6) is 0.260. The molecule has 0 aromatic heterocycles. The molecule has 2 aromatic carbocycles. The molecule has 0 fully saturated rings. The van der Waals surface area contributed by atoms with E-state index in [9.17, 15) is 9.18 Å². The van der Waals surface area contributed by atoms with Gasteiger partial charge in [0.15, 0.2) is 5.78 Å². The van der Waals surface area contributed by atoms with E-state index >= 15 is 0 Å². The number of ether oxygens (including phenoxy) is 1. The molecule has 0 unspecified atom stereocenters. The van der Waals surface area contributed by atoms with Gasteiger partial charge in [0.1, 0.15) is 11.6 Å². The molecule has 2 nitrogen and oxygen atoms in total. The first-order valence-electron chi connectivity index (χ1n) is 6.88. The van der Waals surface area contributed by atoms with Gasteiger partial charge in [-0.05, 0) is 53.9 Å². The summed E-state index contributed by atoms with van der Waals surface area (Å²) < 4.78 is 18.5. The molecule has 0 amide bonds. The van der Waals surface area contributed by atoms with Gasteiger partial charge in [-0.1, -0.05) is 20.8 Å². The first-order valence-corrected chi connectivity index (χ1v) is 6.88. The van der Waals surface area contributed by atoms with E-state index in [0.29, 0.717) is 17.7 Å². The van der Waals surface area contributed by atoms with Crippen molar-refractivity contribution in [3.05, 3.63) is 65.5 Å². The van der Waals surface area contributed by atoms with Crippen molar-refractivity contribution in [1.29, 1.82) is 0 Å². The summed E-state index contributed by atoms with van der Waals surface area (Å²) in [5, 5.41) is 0. The largest absolute Gasteiger partial charge is 0.493 e. The Balaban J connectivity index is 2.08. The lowest BCUT2D eigenvalue weighted by Gasteiger charge is -2.18. The molecule has 110 valence electrons. The molecule has 2 rings (SSSR count). The predicted molar refractivity (Wildman–Crippen MR) is 81.2 cm³/mol. The number of carbonyl (C=O) groups excluding carboxylic acids is 1. The lowest BCUT2D eigenvalue weighted by Crippen LogP contribution is -2.16. The molecule has 0 saturated heterocycles. The molecular formula is C18H19FO2. The van der Waals surface area contributed by atoms with Crippen LogP contribution in [0.5, 0.6) is 5.75 Å². The van der Waals surface area contributed by atoms with Crippen LogP contribution in [-0.4, -0.2) is 12.4 Å². The summed E-state index contributed by atoms with van der Waals surface area (Å²) >= 11 is 0. The van der Waals surface area contributed by atoms with Crippen molar-refractivity contribution in [3.8, 4) is 5.75 Å². The fourth-order valence-electron chi connectivity index (χ4n) is 1.77.